The number of carbonyl (C=O) groups excluding carboxylic acids is 1. The van der Waals surface area contributed by atoms with Crippen molar-refractivity contribution in [3.05, 3.63) is 144 Å². The molecule has 0 radical (unpaired) electrons. The van der Waals surface area contributed by atoms with E-state index in [0.717, 1.165) is 27.1 Å². The molecular weight excluding hydrogens is 395 g/mol. The second-order valence-electron chi connectivity index (χ2n) is 7.06. The number of ketones is 1. The third-order valence-electron chi connectivity index (χ3n) is 4.85. The third kappa shape index (κ3) is 5.54. The molecular formula is C29H23OP. The van der Waals surface area contributed by atoms with Crippen molar-refractivity contribution in [1.29, 1.82) is 0 Å². The molecule has 0 fully saturated rings. The van der Waals surface area contributed by atoms with Crippen LogP contribution in [0.5, 0.6) is 0 Å². The lowest BCUT2D eigenvalue weighted by atomic mass is 10.1. The van der Waals surface area contributed by atoms with Crippen molar-refractivity contribution in [2.75, 3.05) is 0 Å². The zero-order valence-corrected chi connectivity index (χ0v) is 18.0. The molecule has 0 amide bonds. The van der Waals surface area contributed by atoms with Crippen LogP contribution in [0.25, 0.3) is 12.2 Å². The van der Waals surface area contributed by atoms with E-state index in [4.69, 9.17) is 0 Å². The van der Waals surface area contributed by atoms with Crippen LogP contribution in [0, 0.1) is 0 Å². The number of carbonyl (C=O) groups is 1. The molecule has 0 atom stereocenters. The molecule has 0 aliphatic carbocycles. The van der Waals surface area contributed by atoms with Crippen molar-refractivity contribution in [3.8, 4) is 0 Å². The third-order valence-corrected chi connectivity index (χ3v) is 7.31. The summed E-state index contributed by atoms with van der Waals surface area (Å²) in [6.45, 7) is 0. The highest BCUT2D eigenvalue weighted by atomic mass is 31.1. The average molecular weight is 418 g/mol. The van der Waals surface area contributed by atoms with E-state index in [-0.39, 0.29) is 5.78 Å². The predicted octanol–water partition coefficient (Wildman–Crippen LogP) is 6.44. The maximum atomic E-state index is 13.6. The normalized spacial score (nSPS) is 11.7. The van der Waals surface area contributed by atoms with Crippen LogP contribution in [0.4, 0.5) is 0 Å². The van der Waals surface area contributed by atoms with Gasteiger partial charge < -0.3 is 0 Å². The Kier molecular flexibility index (Phi) is 7.00. The Bertz CT molecular complexity index is 1130. The van der Waals surface area contributed by atoms with E-state index < -0.39 is 7.92 Å². The van der Waals surface area contributed by atoms with Crippen molar-refractivity contribution in [1.82, 2.24) is 0 Å². The van der Waals surface area contributed by atoms with Crippen LogP contribution in [0.1, 0.15) is 11.1 Å². The van der Waals surface area contributed by atoms with Gasteiger partial charge in [-0.3, -0.25) is 4.79 Å². The van der Waals surface area contributed by atoms with Crippen LogP contribution in [-0.2, 0) is 4.79 Å². The van der Waals surface area contributed by atoms with Crippen molar-refractivity contribution in [3.63, 3.8) is 0 Å². The summed E-state index contributed by atoms with van der Waals surface area (Å²) in [5.74, 6) is 0.0338. The number of hydrogen-bond acceptors (Lipinski definition) is 1. The second kappa shape index (κ2) is 10.5. The average Bonchev–Trinajstić information content (AvgIpc) is 2.85. The summed E-state index contributed by atoms with van der Waals surface area (Å²) < 4.78 is 0. The second-order valence-corrected chi connectivity index (χ2v) is 9.24. The summed E-state index contributed by atoms with van der Waals surface area (Å²) in [6, 6.07) is 40.7. The van der Waals surface area contributed by atoms with E-state index in [1.807, 2.05) is 109 Å². The molecule has 0 spiro atoms. The smallest absolute Gasteiger partial charge is 0.186 e. The molecule has 0 N–H and O–H groups in total. The highest BCUT2D eigenvalue weighted by Gasteiger charge is 2.23. The van der Waals surface area contributed by atoms with Gasteiger partial charge in [-0.25, -0.2) is 0 Å². The van der Waals surface area contributed by atoms with Crippen LogP contribution in [0.15, 0.2) is 133 Å². The Balaban J connectivity index is 1.82. The summed E-state index contributed by atoms with van der Waals surface area (Å²) in [6.07, 6.45) is 5.64. The first kappa shape index (κ1) is 20.7. The molecule has 4 aromatic rings. The van der Waals surface area contributed by atoms with Gasteiger partial charge in [-0.2, -0.15) is 0 Å². The maximum absolute atomic E-state index is 13.6. The van der Waals surface area contributed by atoms with Crippen LogP contribution in [0.2, 0.25) is 0 Å². The molecule has 0 aliphatic rings. The van der Waals surface area contributed by atoms with E-state index in [1.54, 1.807) is 6.08 Å². The Morgan fingerprint density at radius 1 is 0.548 bits per heavy atom. The maximum Gasteiger partial charge on any atom is 0.186 e. The van der Waals surface area contributed by atoms with Crippen LogP contribution in [-0.4, -0.2) is 5.78 Å². The Morgan fingerprint density at radius 2 is 0.968 bits per heavy atom. The first-order valence-electron chi connectivity index (χ1n) is 10.3. The van der Waals surface area contributed by atoms with Gasteiger partial charge in [-0.1, -0.05) is 127 Å². The largest absolute Gasteiger partial charge is 0.289 e. The molecule has 1 nitrogen and oxygen atoms in total. The fourth-order valence-corrected chi connectivity index (χ4v) is 5.72. The van der Waals surface area contributed by atoms with Gasteiger partial charge >= 0.3 is 0 Å². The van der Waals surface area contributed by atoms with Crippen molar-refractivity contribution in [2.45, 2.75) is 0 Å². The fourth-order valence-electron chi connectivity index (χ4n) is 3.36. The van der Waals surface area contributed by atoms with Crippen LogP contribution < -0.4 is 10.6 Å². The Morgan fingerprint density at radius 3 is 1.45 bits per heavy atom. The summed E-state index contributed by atoms with van der Waals surface area (Å²) in [5, 5.41) is 3.13. The molecule has 4 aromatic carbocycles. The van der Waals surface area contributed by atoms with Gasteiger partial charge in [0.15, 0.2) is 5.78 Å². The van der Waals surface area contributed by atoms with Crippen molar-refractivity contribution in [2.24, 2.45) is 0 Å². The van der Waals surface area contributed by atoms with Gasteiger partial charge in [0.2, 0.25) is 0 Å². The summed E-state index contributed by atoms with van der Waals surface area (Å²) >= 11 is 0. The van der Waals surface area contributed by atoms with Gasteiger partial charge in [0.25, 0.3) is 0 Å². The minimum absolute atomic E-state index is 0.0338. The van der Waals surface area contributed by atoms with E-state index in [0.29, 0.717) is 0 Å². The van der Waals surface area contributed by atoms with Gasteiger partial charge in [0.05, 0.1) is 0 Å². The Labute approximate surface area is 185 Å². The van der Waals surface area contributed by atoms with E-state index in [9.17, 15) is 4.79 Å². The highest BCUT2D eigenvalue weighted by Crippen LogP contribution is 2.44. The van der Waals surface area contributed by atoms with Gasteiger partial charge in [-0.15, -0.1) is 0 Å². The SMILES string of the molecule is O=C(C=Cc1ccccc1)C(=Cc1ccccc1)P(c1ccccc1)c1ccccc1. The minimum Gasteiger partial charge on any atom is -0.289 e. The first-order chi connectivity index (χ1) is 15.3. The van der Waals surface area contributed by atoms with Crippen molar-refractivity contribution >= 4 is 36.5 Å². The molecule has 150 valence electrons. The molecule has 0 aromatic heterocycles. The van der Waals surface area contributed by atoms with Gasteiger partial charge in [-0.05, 0) is 41.8 Å². The predicted molar refractivity (Wildman–Crippen MR) is 134 cm³/mol. The van der Waals surface area contributed by atoms with E-state index >= 15 is 0 Å². The minimum atomic E-state index is -0.998. The molecule has 0 unspecified atom stereocenters. The lowest BCUT2D eigenvalue weighted by molar-refractivity contribution is -0.110. The number of allylic oxidation sites excluding steroid dienone is 2. The zero-order valence-electron chi connectivity index (χ0n) is 17.1. The van der Waals surface area contributed by atoms with Crippen LogP contribution >= 0.6 is 7.92 Å². The van der Waals surface area contributed by atoms with Crippen molar-refractivity contribution < 1.29 is 4.79 Å². The molecule has 0 saturated heterocycles. The lowest BCUT2D eigenvalue weighted by Gasteiger charge is -2.21. The summed E-state index contributed by atoms with van der Waals surface area (Å²) in [7, 11) is -0.998. The standard InChI is InChI=1S/C29H23OP/c30-28(22-21-24-13-5-1-6-14-24)29(23-25-15-7-2-8-16-25)31(26-17-9-3-10-18-26)27-19-11-4-12-20-27/h1-23H. The summed E-state index contributed by atoms with van der Waals surface area (Å²) in [5.41, 5.74) is 2.04. The first-order valence-corrected chi connectivity index (χ1v) is 11.6. The molecule has 2 heteroatoms. The molecule has 31 heavy (non-hydrogen) atoms. The Hall–Kier alpha value is -3.54. The summed E-state index contributed by atoms with van der Waals surface area (Å²) in [4.78, 5) is 13.6. The number of rotatable bonds is 7. The zero-order chi connectivity index (χ0) is 21.3. The van der Waals surface area contributed by atoms with E-state index in [1.165, 1.54) is 0 Å². The van der Waals surface area contributed by atoms with Gasteiger partial charge in [0.1, 0.15) is 0 Å². The number of hydrogen-bond donors (Lipinski definition) is 0. The quantitative estimate of drug-likeness (QED) is 0.249. The molecule has 0 saturated carbocycles. The monoisotopic (exact) mass is 418 g/mol. The molecule has 0 heterocycles. The molecule has 0 aliphatic heterocycles. The lowest BCUT2D eigenvalue weighted by Crippen LogP contribution is -2.16. The highest BCUT2D eigenvalue weighted by molar-refractivity contribution is 7.78. The molecule has 4 rings (SSSR count). The topological polar surface area (TPSA) is 17.1 Å². The fraction of sp³-hybridized carbons (Fsp3) is 0. The van der Waals surface area contributed by atoms with E-state index in [2.05, 4.69) is 24.3 Å². The van der Waals surface area contributed by atoms with Gasteiger partial charge in [0, 0.05) is 5.31 Å². The number of benzene rings is 4. The van der Waals surface area contributed by atoms with Crippen LogP contribution in [0.3, 0.4) is 0 Å². The molecule has 0 bridgehead atoms.